The van der Waals surface area contributed by atoms with Crippen LogP contribution in [-0.2, 0) is 19.6 Å². The van der Waals surface area contributed by atoms with Gasteiger partial charge < -0.3 is 15.2 Å². The first kappa shape index (κ1) is 23.5. The third-order valence-electron chi connectivity index (χ3n) is 4.42. The second-order valence-corrected chi connectivity index (χ2v) is 6.32. The molecule has 6 heteroatoms. The number of nitrogens with one attached hydrogen (secondary N) is 2. The molecule has 0 aliphatic carbocycles. The number of benzene rings is 1. The maximum Gasteiger partial charge on any atom is 0.191 e. The Morgan fingerprint density at radius 3 is 2.19 bits per heavy atom. The number of guanidine groups is 1. The summed E-state index contributed by atoms with van der Waals surface area (Å²) in [6.07, 6.45) is 4.15. The van der Waals surface area contributed by atoms with E-state index in [1.807, 2.05) is 12.1 Å². The zero-order valence-corrected chi connectivity index (χ0v) is 19.1. The van der Waals surface area contributed by atoms with Crippen LogP contribution >= 0.6 is 24.0 Å². The summed E-state index contributed by atoms with van der Waals surface area (Å²) in [6.45, 7) is 13.0. The Labute approximate surface area is 181 Å². The predicted octanol–water partition coefficient (Wildman–Crippen LogP) is 3.70. The largest absolute Gasteiger partial charge is 0.357 e. The Morgan fingerprint density at radius 2 is 1.59 bits per heavy atom. The average Bonchev–Trinajstić information content (AvgIpc) is 3.18. The number of nitrogens with zero attached hydrogens (tertiary/aromatic N) is 3. The molecule has 0 saturated heterocycles. The van der Waals surface area contributed by atoms with E-state index in [2.05, 4.69) is 77.5 Å². The first-order valence-electron chi connectivity index (χ1n) is 9.68. The van der Waals surface area contributed by atoms with Crippen molar-refractivity contribution in [2.75, 3.05) is 26.2 Å². The van der Waals surface area contributed by atoms with Crippen LogP contribution in [-0.4, -0.2) is 41.6 Å². The van der Waals surface area contributed by atoms with Gasteiger partial charge in [-0.15, -0.1) is 24.0 Å². The molecule has 0 atom stereocenters. The average molecular weight is 483 g/mol. The quantitative estimate of drug-likeness (QED) is 0.308. The van der Waals surface area contributed by atoms with Crippen molar-refractivity contribution in [1.82, 2.24) is 20.1 Å². The molecular formula is C21H34IN5. The molecule has 0 saturated carbocycles. The van der Waals surface area contributed by atoms with Crippen molar-refractivity contribution in [3.63, 3.8) is 0 Å². The molecule has 2 rings (SSSR count). The highest BCUT2D eigenvalue weighted by atomic mass is 127. The first-order chi connectivity index (χ1) is 12.7. The Bertz CT molecular complexity index is 633. The van der Waals surface area contributed by atoms with E-state index in [-0.39, 0.29) is 24.0 Å². The van der Waals surface area contributed by atoms with Crippen molar-refractivity contribution in [2.24, 2.45) is 4.99 Å². The van der Waals surface area contributed by atoms with Gasteiger partial charge in [-0.1, -0.05) is 38.1 Å². The zero-order chi connectivity index (χ0) is 18.6. The van der Waals surface area contributed by atoms with E-state index < -0.39 is 0 Å². The van der Waals surface area contributed by atoms with Gasteiger partial charge in [0.25, 0.3) is 0 Å². The Balaban J connectivity index is 0.00000364. The minimum atomic E-state index is 0. The fourth-order valence-electron chi connectivity index (χ4n) is 2.79. The summed E-state index contributed by atoms with van der Waals surface area (Å²) >= 11 is 0. The lowest BCUT2D eigenvalue weighted by Gasteiger charge is -2.18. The smallest absolute Gasteiger partial charge is 0.191 e. The molecule has 150 valence electrons. The fraction of sp³-hybridized carbons (Fsp3) is 0.476. The highest BCUT2D eigenvalue weighted by Crippen LogP contribution is 2.08. The second-order valence-electron chi connectivity index (χ2n) is 6.32. The van der Waals surface area contributed by atoms with E-state index in [1.165, 1.54) is 11.1 Å². The van der Waals surface area contributed by atoms with Crippen molar-refractivity contribution in [3.05, 3.63) is 59.9 Å². The van der Waals surface area contributed by atoms with Crippen molar-refractivity contribution in [2.45, 2.75) is 40.4 Å². The molecule has 0 radical (unpaired) electrons. The minimum Gasteiger partial charge on any atom is -0.357 e. The Kier molecular flexibility index (Phi) is 11.8. The molecule has 0 bridgehead atoms. The second kappa shape index (κ2) is 13.6. The van der Waals surface area contributed by atoms with Crippen LogP contribution in [0.5, 0.6) is 0 Å². The van der Waals surface area contributed by atoms with Crippen LogP contribution in [0.1, 0.15) is 31.9 Å². The molecule has 5 nitrogen and oxygen atoms in total. The number of hydrogen-bond donors (Lipinski definition) is 2. The molecule has 0 spiro atoms. The maximum atomic E-state index is 4.70. The molecule has 1 heterocycles. The molecule has 0 amide bonds. The van der Waals surface area contributed by atoms with Gasteiger partial charge in [-0.2, -0.15) is 0 Å². The summed E-state index contributed by atoms with van der Waals surface area (Å²) in [5, 5.41) is 6.70. The van der Waals surface area contributed by atoms with E-state index in [4.69, 9.17) is 4.99 Å². The van der Waals surface area contributed by atoms with Gasteiger partial charge in [0.15, 0.2) is 5.96 Å². The number of aromatic nitrogens is 1. The molecule has 0 aliphatic heterocycles. The summed E-state index contributed by atoms with van der Waals surface area (Å²) in [7, 11) is 0. The van der Waals surface area contributed by atoms with Crippen LogP contribution in [0.2, 0.25) is 0 Å². The maximum absolute atomic E-state index is 4.70. The summed E-state index contributed by atoms with van der Waals surface area (Å²) in [4.78, 5) is 7.12. The van der Waals surface area contributed by atoms with Crippen molar-refractivity contribution < 1.29 is 0 Å². The molecular weight excluding hydrogens is 449 g/mol. The molecule has 1 aromatic heterocycles. The third-order valence-corrected chi connectivity index (χ3v) is 4.42. The monoisotopic (exact) mass is 483 g/mol. The van der Waals surface area contributed by atoms with E-state index in [1.54, 1.807) is 0 Å². The van der Waals surface area contributed by atoms with Gasteiger partial charge >= 0.3 is 0 Å². The lowest BCUT2D eigenvalue weighted by molar-refractivity contribution is 0.296. The van der Waals surface area contributed by atoms with Crippen molar-refractivity contribution >= 4 is 29.9 Å². The highest BCUT2D eigenvalue weighted by molar-refractivity contribution is 14.0. The van der Waals surface area contributed by atoms with Crippen LogP contribution in [0.15, 0.2) is 53.8 Å². The minimum absolute atomic E-state index is 0. The van der Waals surface area contributed by atoms with Crippen LogP contribution in [0.3, 0.4) is 0 Å². The third kappa shape index (κ3) is 8.79. The standard InChI is InChI=1S/C21H33N5.HI/c1-4-22-21(23-13-16-26-14-7-8-15-26)24-17-19-9-11-20(12-10-19)18-25(5-2)6-3;/h7-12,14-15H,4-6,13,16-18H2,1-3H3,(H2,22,23,24);1H. The molecule has 2 aromatic rings. The normalized spacial score (nSPS) is 11.3. The van der Waals surface area contributed by atoms with E-state index in [0.717, 1.165) is 45.2 Å². The summed E-state index contributed by atoms with van der Waals surface area (Å²) in [5.41, 5.74) is 2.59. The zero-order valence-electron chi connectivity index (χ0n) is 16.8. The Hall–Kier alpha value is -1.54. The van der Waals surface area contributed by atoms with E-state index >= 15 is 0 Å². The molecule has 2 N–H and O–H groups in total. The van der Waals surface area contributed by atoms with Gasteiger partial charge in [0.1, 0.15) is 0 Å². The van der Waals surface area contributed by atoms with Crippen LogP contribution in [0.25, 0.3) is 0 Å². The fourth-order valence-corrected chi connectivity index (χ4v) is 2.79. The number of rotatable bonds is 10. The van der Waals surface area contributed by atoms with Crippen molar-refractivity contribution in [1.29, 1.82) is 0 Å². The first-order valence-corrected chi connectivity index (χ1v) is 9.68. The van der Waals surface area contributed by atoms with Gasteiger partial charge in [-0.05, 0) is 43.3 Å². The predicted molar refractivity (Wildman–Crippen MR) is 126 cm³/mol. The molecule has 0 aliphatic rings. The van der Waals surface area contributed by atoms with Crippen LogP contribution in [0.4, 0.5) is 0 Å². The van der Waals surface area contributed by atoms with E-state index in [9.17, 15) is 0 Å². The SMILES string of the molecule is CCNC(=NCc1ccc(CN(CC)CC)cc1)NCCn1cccc1.I. The molecule has 0 unspecified atom stereocenters. The summed E-state index contributed by atoms with van der Waals surface area (Å²) < 4.78 is 2.16. The van der Waals surface area contributed by atoms with Crippen molar-refractivity contribution in [3.8, 4) is 0 Å². The number of aliphatic imine (C=N–C) groups is 1. The topological polar surface area (TPSA) is 44.6 Å². The van der Waals surface area contributed by atoms with E-state index in [0.29, 0.717) is 6.54 Å². The lowest BCUT2D eigenvalue weighted by atomic mass is 10.1. The number of halogens is 1. The van der Waals surface area contributed by atoms with Gasteiger partial charge in [0, 0.05) is 38.6 Å². The summed E-state index contributed by atoms with van der Waals surface area (Å²) in [5.74, 6) is 0.867. The van der Waals surface area contributed by atoms with Crippen LogP contribution < -0.4 is 10.6 Å². The molecule has 0 fully saturated rings. The molecule has 27 heavy (non-hydrogen) atoms. The Morgan fingerprint density at radius 1 is 0.963 bits per heavy atom. The molecule has 1 aromatic carbocycles. The van der Waals surface area contributed by atoms with Gasteiger partial charge in [-0.25, -0.2) is 4.99 Å². The highest BCUT2D eigenvalue weighted by Gasteiger charge is 2.02. The van der Waals surface area contributed by atoms with Gasteiger partial charge in [-0.3, -0.25) is 4.90 Å². The van der Waals surface area contributed by atoms with Gasteiger partial charge in [0.05, 0.1) is 6.54 Å². The van der Waals surface area contributed by atoms with Gasteiger partial charge in [0.2, 0.25) is 0 Å². The lowest BCUT2D eigenvalue weighted by Crippen LogP contribution is -2.38. The van der Waals surface area contributed by atoms with Crippen LogP contribution in [0, 0.1) is 0 Å². The number of hydrogen-bond acceptors (Lipinski definition) is 2. The summed E-state index contributed by atoms with van der Waals surface area (Å²) in [6, 6.07) is 12.9.